The number of carbonyl (C=O) groups is 1. The minimum Gasteiger partial charge on any atom is -0.477 e. The molecule has 0 aromatic heterocycles. The second kappa shape index (κ2) is 5.73. The number of allylic oxidation sites excluding steroid dienone is 2. The number of carboxylic acids is 1. The highest BCUT2D eigenvalue weighted by Gasteiger charge is 2.47. The second-order valence-electron chi connectivity index (χ2n) is 8.03. The summed E-state index contributed by atoms with van der Waals surface area (Å²) in [5.74, 6) is -2.46. The topological polar surface area (TPSA) is 55.8 Å². The Morgan fingerprint density at radius 2 is 1.81 bits per heavy atom. The summed E-state index contributed by atoms with van der Waals surface area (Å²) in [6, 6.07) is 0. The van der Waals surface area contributed by atoms with Crippen molar-refractivity contribution < 1.29 is 19.4 Å². The molecule has 0 spiro atoms. The standard InChI is InChI=1S/C17H28O4/c1-15(2)8-5-13(6-9-15)7-10-17(14(18)19)20-11-16(3,4)12-21-17/h5H,6-12H2,1-4H3,(H,18,19). The Morgan fingerprint density at radius 3 is 2.29 bits per heavy atom. The molecular weight excluding hydrogens is 268 g/mol. The van der Waals surface area contributed by atoms with Gasteiger partial charge in [-0.25, -0.2) is 4.79 Å². The molecule has 1 aliphatic carbocycles. The fourth-order valence-corrected chi connectivity index (χ4v) is 2.76. The molecule has 0 radical (unpaired) electrons. The van der Waals surface area contributed by atoms with Crippen molar-refractivity contribution in [2.24, 2.45) is 10.8 Å². The largest absolute Gasteiger partial charge is 0.477 e. The lowest BCUT2D eigenvalue weighted by molar-refractivity contribution is -0.294. The van der Waals surface area contributed by atoms with E-state index in [4.69, 9.17) is 9.47 Å². The predicted octanol–water partition coefficient (Wildman–Crippen LogP) is 3.76. The van der Waals surface area contributed by atoms with Crippen LogP contribution in [0.1, 0.15) is 59.8 Å². The zero-order valence-electron chi connectivity index (χ0n) is 13.7. The molecule has 1 heterocycles. The predicted molar refractivity (Wildman–Crippen MR) is 81.0 cm³/mol. The third-order valence-corrected chi connectivity index (χ3v) is 4.56. The van der Waals surface area contributed by atoms with Gasteiger partial charge in [0, 0.05) is 11.8 Å². The summed E-state index contributed by atoms with van der Waals surface area (Å²) in [5.41, 5.74) is 1.59. The normalized spacial score (nSPS) is 27.0. The van der Waals surface area contributed by atoms with Gasteiger partial charge in [0.25, 0.3) is 5.79 Å². The van der Waals surface area contributed by atoms with Crippen molar-refractivity contribution in [1.29, 1.82) is 0 Å². The molecule has 4 heteroatoms. The summed E-state index contributed by atoms with van der Waals surface area (Å²) >= 11 is 0. The summed E-state index contributed by atoms with van der Waals surface area (Å²) in [4.78, 5) is 11.6. The quantitative estimate of drug-likeness (QED) is 0.803. The molecule has 2 rings (SSSR count). The molecule has 0 aromatic rings. The fourth-order valence-electron chi connectivity index (χ4n) is 2.76. The first kappa shape index (κ1) is 16.5. The molecule has 1 N–H and O–H groups in total. The first-order valence-electron chi connectivity index (χ1n) is 7.84. The van der Waals surface area contributed by atoms with E-state index >= 15 is 0 Å². The van der Waals surface area contributed by atoms with E-state index in [1.54, 1.807) is 0 Å². The highest BCUT2D eigenvalue weighted by atomic mass is 16.7. The Kier molecular flexibility index (Phi) is 4.50. The van der Waals surface area contributed by atoms with E-state index in [1.165, 1.54) is 5.57 Å². The number of hydrogen-bond acceptors (Lipinski definition) is 3. The summed E-state index contributed by atoms with van der Waals surface area (Å²) in [5, 5.41) is 9.50. The lowest BCUT2D eigenvalue weighted by Gasteiger charge is -2.41. The van der Waals surface area contributed by atoms with Gasteiger partial charge in [0.2, 0.25) is 0 Å². The van der Waals surface area contributed by atoms with Crippen molar-refractivity contribution in [3.05, 3.63) is 11.6 Å². The van der Waals surface area contributed by atoms with Crippen molar-refractivity contribution in [1.82, 2.24) is 0 Å². The Labute approximate surface area is 127 Å². The number of ether oxygens (including phenoxy) is 2. The van der Waals surface area contributed by atoms with Gasteiger partial charge >= 0.3 is 5.97 Å². The molecule has 2 aliphatic rings. The number of rotatable bonds is 4. The van der Waals surface area contributed by atoms with Gasteiger partial charge in [-0.3, -0.25) is 0 Å². The smallest absolute Gasteiger partial charge is 0.364 e. The van der Waals surface area contributed by atoms with E-state index in [0.717, 1.165) is 25.7 Å². The number of carboxylic acid groups (broad SMARTS) is 1. The SMILES string of the molecule is CC1(C)CC=C(CCC2(C(=O)O)OCC(C)(C)CO2)CC1. The van der Waals surface area contributed by atoms with Gasteiger partial charge in [-0.05, 0) is 31.1 Å². The van der Waals surface area contributed by atoms with Crippen molar-refractivity contribution in [3.8, 4) is 0 Å². The Balaban J connectivity index is 1.96. The molecule has 4 nitrogen and oxygen atoms in total. The summed E-state index contributed by atoms with van der Waals surface area (Å²) < 4.78 is 11.3. The van der Waals surface area contributed by atoms with Crippen LogP contribution in [0.5, 0.6) is 0 Å². The zero-order valence-corrected chi connectivity index (χ0v) is 13.7. The molecule has 1 aliphatic heterocycles. The highest BCUT2D eigenvalue weighted by Crippen LogP contribution is 2.38. The molecule has 21 heavy (non-hydrogen) atoms. The molecule has 0 atom stereocenters. The molecule has 1 fully saturated rings. The summed E-state index contributed by atoms with van der Waals surface area (Å²) in [6.45, 7) is 9.43. The van der Waals surface area contributed by atoms with E-state index in [-0.39, 0.29) is 5.41 Å². The molecule has 120 valence electrons. The van der Waals surface area contributed by atoms with Crippen molar-refractivity contribution in [2.75, 3.05) is 13.2 Å². The van der Waals surface area contributed by atoms with Gasteiger partial charge in [-0.1, -0.05) is 39.3 Å². The Bertz CT molecular complexity index is 424. The third kappa shape index (κ3) is 4.07. The Morgan fingerprint density at radius 1 is 1.19 bits per heavy atom. The maximum absolute atomic E-state index is 11.6. The first-order chi connectivity index (χ1) is 9.64. The van der Waals surface area contributed by atoms with E-state index in [9.17, 15) is 9.90 Å². The van der Waals surface area contributed by atoms with E-state index in [1.807, 2.05) is 13.8 Å². The van der Waals surface area contributed by atoms with E-state index in [2.05, 4.69) is 19.9 Å². The maximum Gasteiger partial charge on any atom is 0.364 e. The fraction of sp³-hybridized carbons (Fsp3) is 0.824. The summed E-state index contributed by atoms with van der Waals surface area (Å²) in [6.07, 6.45) is 6.68. The van der Waals surface area contributed by atoms with Gasteiger partial charge < -0.3 is 14.6 Å². The van der Waals surface area contributed by atoms with Gasteiger partial charge in [-0.15, -0.1) is 0 Å². The van der Waals surface area contributed by atoms with Gasteiger partial charge in [0.1, 0.15) is 0 Å². The highest BCUT2D eigenvalue weighted by molar-refractivity contribution is 5.75. The van der Waals surface area contributed by atoms with Crippen LogP contribution in [0.4, 0.5) is 0 Å². The van der Waals surface area contributed by atoms with Crippen LogP contribution >= 0.6 is 0 Å². The maximum atomic E-state index is 11.6. The van der Waals surface area contributed by atoms with Gasteiger partial charge in [0.05, 0.1) is 13.2 Å². The minimum absolute atomic E-state index is 0.118. The monoisotopic (exact) mass is 296 g/mol. The van der Waals surface area contributed by atoms with Crippen LogP contribution in [0.15, 0.2) is 11.6 Å². The molecule has 0 unspecified atom stereocenters. The molecule has 1 saturated heterocycles. The molecule has 0 bridgehead atoms. The zero-order chi connectivity index (χ0) is 15.7. The average Bonchev–Trinajstić information content (AvgIpc) is 2.39. The number of hydrogen-bond donors (Lipinski definition) is 1. The van der Waals surface area contributed by atoms with Crippen molar-refractivity contribution in [3.63, 3.8) is 0 Å². The van der Waals surface area contributed by atoms with Crippen LogP contribution < -0.4 is 0 Å². The third-order valence-electron chi connectivity index (χ3n) is 4.56. The van der Waals surface area contributed by atoms with Crippen molar-refractivity contribution >= 4 is 5.97 Å². The Hall–Kier alpha value is -0.870. The van der Waals surface area contributed by atoms with Crippen LogP contribution in [0.2, 0.25) is 0 Å². The van der Waals surface area contributed by atoms with E-state index in [0.29, 0.717) is 25.0 Å². The van der Waals surface area contributed by atoms with Crippen LogP contribution in [0.25, 0.3) is 0 Å². The summed E-state index contributed by atoms with van der Waals surface area (Å²) in [7, 11) is 0. The number of aliphatic carboxylic acids is 1. The van der Waals surface area contributed by atoms with Gasteiger partial charge in [-0.2, -0.15) is 0 Å². The molecule has 0 amide bonds. The molecule has 0 saturated carbocycles. The molecular formula is C17H28O4. The van der Waals surface area contributed by atoms with Crippen LogP contribution in [0.3, 0.4) is 0 Å². The molecule has 0 aromatic carbocycles. The van der Waals surface area contributed by atoms with Crippen molar-refractivity contribution in [2.45, 2.75) is 65.6 Å². The average molecular weight is 296 g/mol. The second-order valence-corrected chi connectivity index (χ2v) is 8.03. The van der Waals surface area contributed by atoms with Gasteiger partial charge in [0.15, 0.2) is 0 Å². The lowest BCUT2D eigenvalue weighted by atomic mass is 9.77. The first-order valence-corrected chi connectivity index (χ1v) is 7.84. The lowest BCUT2D eigenvalue weighted by Crippen LogP contribution is -2.52. The minimum atomic E-state index is -1.46. The van der Waals surface area contributed by atoms with Crippen LogP contribution in [0, 0.1) is 10.8 Å². The van der Waals surface area contributed by atoms with Crippen LogP contribution in [-0.2, 0) is 14.3 Å². The van der Waals surface area contributed by atoms with E-state index < -0.39 is 11.8 Å². The van der Waals surface area contributed by atoms with Crippen LogP contribution in [-0.4, -0.2) is 30.1 Å².